The molecule has 0 fully saturated rings. The maximum Gasteiger partial charge on any atom is 0.200 e. The molecule has 0 aliphatic carbocycles. The van der Waals surface area contributed by atoms with E-state index in [0.29, 0.717) is 37.9 Å². The van der Waals surface area contributed by atoms with Crippen LogP contribution in [0.2, 0.25) is 0 Å². The molecule has 0 saturated heterocycles. The van der Waals surface area contributed by atoms with Crippen molar-refractivity contribution in [2.45, 2.75) is 46.0 Å². The van der Waals surface area contributed by atoms with Gasteiger partial charge >= 0.3 is 0 Å². The summed E-state index contributed by atoms with van der Waals surface area (Å²) in [6.45, 7) is 3.07. The van der Waals surface area contributed by atoms with Gasteiger partial charge in [-0.1, -0.05) is 6.07 Å². The molecule has 7 heteroatoms. The van der Waals surface area contributed by atoms with Gasteiger partial charge in [-0.05, 0) is 81.3 Å². The molecule has 0 aliphatic heterocycles. The lowest BCUT2D eigenvalue weighted by atomic mass is 9.83. The van der Waals surface area contributed by atoms with Crippen LogP contribution in [-0.2, 0) is 22.4 Å². The molecule has 2 atom stereocenters. The molecule has 2 aromatic carbocycles. The summed E-state index contributed by atoms with van der Waals surface area (Å²) in [4.78, 5) is 24.6. The second-order valence-corrected chi connectivity index (χ2v) is 8.10. The van der Waals surface area contributed by atoms with E-state index >= 15 is 0 Å². The van der Waals surface area contributed by atoms with Crippen LogP contribution in [0.3, 0.4) is 0 Å². The van der Waals surface area contributed by atoms with Crippen LogP contribution >= 0.6 is 0 Å². The lowest BCUT2D eigenvalue weighted by Crippen LogP contribution is -2.21. The predicted octanol–water partition coefficient (Wildman–Crippen LogP) is 4.19. The standard InChI is InChI=1S/C25H32O7/c1-15(26)19(8-5-17-7-10-21(28)23(12-17)31-3)14-20(16(2)27)9-6-18-11-22(29)25(30)24(13-18)32-4/h7,10-13,19-20,28-30H,5-6,8-9,14H2,1-4H3. The zero-order valence-electron chi connectivity index (χ0n) is 19.1. The van der Waals surface area contributed by atoms with E-state index in [1.165, 1.54) is 27.2 Å². The Hall–Kier alpha value is -3.22. The third-order valence-electron chi connectivity index (χ3n) is 5.86. The largest absolute Gasteiger partial charge is 0.504 e. The second kappa shape index (κ2) is 11.4. The van der Waals surface area contributed by atoms with Gasteiger partial charge in [0.15, 0.2) is 23.0 Å². The van der Waals surface area contributed by atoms with E-state index < -0.39 is 0 Å². The average molecular weight is 445 g/mol. The van der Waals surface area contributed by atoms with Gasteiger partial charge in [0.2, 0.25) is 5.75 Å². The predicted molar refractivity (Wildman–Crippen MR) is 121 cm³/mol. The van der Waals surface area contributed by atoms with E-state index in [9.17, 15) is 24.9 Å². The van der Waals surface area contributed by atoms with Crippen molar-refractivity contribution in [3.05, 3.63) is 41.5 Å². The van der Waals surface area contributed by atoms with Crippen LogP contribution in [0.1, 0.15) is 44.2 Å². The smallest absolute Gasteiger partial charge is 0.200 e. The zero-order valence-corrected chi connectivity index (χ0v) is 19.1. The van der Waals surface area contributed by atoms with Gasteiger partial charge in [0, 0.05) is 11.8 Å². The number of hydrogen-bond donors (Lipinski definition) is 3. The number of Topliss-reactive ketones (excluding diaryl/α,β-unsaturated/α-hetero) is 2. The molecule has 0 amide bonds. The number of carbonyl (C=O) groups is 2. The minimum absolute atomic E-state index is 0.0116. The molecule has 2 unspecified atom stereocenters. The van der Waals surface area contributed by atoms with Gasteiger partial charge in [0.05, 0.1) is 14.2 Å². The van der Waals surface area contributed by atoms with Gasteiger partial charge < -0.3 is 24.8 Å². The topological polar surface area (TPSA) is 113 Å². The van der Waals surface area contributed by atoms with Crippen molar-refractivity contribution >= 4 is 11.6 Å². The molecule has 0 aliphatic rings. The number of rotatable bonds is 12. The van der Waals surface area contributed by atoms with Gasteiger partial charge in [-0.25, -0.2) is 0 Å². The van der Waals surface area contributed by atoms with Crippen LogP contribution in [-0.4, -0.2) is 41.1 Å². The van der Waals surface area contributed by atoms with Crippen molar-refractivity contribution in [1.29, 1.82) is 0 Å². The van der Waals surface area contributed by atoms with Crippen LogP contribution in [0, 0.1) is 11.8 Å². The first-order chi connectivity index (χ1) is 15.2. The van der Waals surface area contributed by atoms with E-state index in [0.717, 1.165) is 11.1 Å². The highest BCUT2D eigenvalue weighted by Gasteiger charge is 2.24. The first-order valence-corrected chi connectivity index (χ1v) is 10.6. The Morgan fingerprint density at radius 2 is 1.31 bits per heavy atom. The fourth-order valence-electron chi connectivity index (χ4n) is 3.83. The summed E-state index contributed by atoms with van der Waals surface area (Å²) in [7, 11) is 2.88. The minimum atomic E-state index is -0.318. The van der Waals surface area contributed by atoms with Crippen molar-refractivity contribution in [2.75, 3.05) is 14.2 Å². The summed E-state index contributed by atoms with van der Waals surface area (Å²) >= 11 is 0. The summed E-state index contributed by atoms with van der Waals surface area (Å²) in [6, 6.07) is 8.20. The highest BCUT2D eigenvalue weighted by Crippen LogP contribution is 2.37. The number of hydrogen-bond acceptors (Lipinski definition) is 7. The van der Waals surface area contributed by atoms with Gasteiger partial charge in [-0.2, -0.15) is 0 Å². The van der Waals surface area contributed by atoms with Crippen LogP contribution in [0.4, 0.5) is 0 Å². The van der Waals surface area contributed by atoms with E-state index in [1.807, 2.05) is 0 Å². The molecule has 0 saturated carbocycles. The Balaban J connectivity index is 2.06. The molecule has 0 radical (unpaired) electrons. The highest BCUT2D eigenvalue weighted by atomic mass is 16.5. The van der Waals surface area contributed by atoms with E-state index in [2.05, 4.69) is 0 Å². The van der Waals surface area contributed by atoms with Gasteiger partial charge in [0.25, 0.3) is 0 Å². The third-order valence-corrected chi connectivity index (χ3v) is 5.86. The SMILES string of the molecule is COc1cc(CCC(CC(CCc2cc(O)c(O)c(OC)c2)C(C)=O)C(C)=O)ccc1O. The molecule has 0 spiro atoms. The average Bonchev–Trinajstić information content (AvgIpc) is 2.75. The van der Waals surface area contributed by atoms with Crippen LogP contribution < -0.4 is 9.47 Å². The summed E-state index contributed by atoms with van der Waals surface area (Å²) in [5.41, 5.74) is 1.68. The van der Waals surface area contributed by atoms with Gasteiger partial charge in [-0.15, -0.1) is 0 Å². The number of phenols is 3. The fourth-order valence-corrected chi connectivity index (χ4v) is 3.83. The Bertz CT molecular complexity index is 952. The van der Waals surface area contributed by atoms with Crippen LogP contribution in [0.15, 0.2) is 30.3 Å². The van der Waals surface area contributed by atoms with E-state index in [4.69, 9.17) is 9.47 Å². The first-order valence-electron chi connectivity index (χ1n) is 10.6. The zero-order chi connectivity index (χ0) is 23.8. The fraction of sp³-hybridized carbons (Fsp3) is 0.440. The van der Waals surface area contributed by atoms with Crippen molar-refractivity contribution in [1.82, 2.24) is 0 Å². The van der Waals surface area contributed by atoms with E-state index in [-0.39, 0.29) is 46.4 Å². The van der Waals surface area contributed by atoms with Crippen molar-refractivity contribution in [2.24, 2.45) is 11.8 Å². The number of ketones is 2. The molecular formula is C25H32O7. The number of phenolic OH excluding ortho intramolecular Hbond substituents is 3. The normalized spacial score (nSPS) is 12.8. The molecule has 2 aromatic rings. The molecule has 0 bridgehead atoms. The maximum atomic E-state index is 12.3. The number of methoxy groups -OCH3 is 2. The molecule has 0 aromatic heterocycles. The lowest BCUT2D eigenvalue weighted by Gasteiger charge is -2.21. The number of carbonyl (C=O) groups excluding carboxylic acids is 2. The molecule has 2 rings (SSSR count). The van der Waals surface area contributed by atoms with E-state index in [1.54, 1.807) is 31.2 Å². The van der Waals surface area contributed by atoms with Crippen molar-refractivity contribution < 1.29 is 34.4 Å². The maximum absolute atomic E-state index is 12.3. The van der Waals surface area contributed by atoms with Gasteiger partial charge in [0.1, 0.15) is 11.6 Å². The molecule has 32 heavy (non-hydrogen) atoms. The molecule has 0 heterocycles. The Morgan fingerprint density at radius 1 is 0.781 bits per heavy atom. The summed E-state index contributed by atoms with van der Waals surface area (Å²) in [5.74, 6) is -0.504. The highest BCUT2D eigenvalue weighted by molar-refractivity contribution is 5.81. The number of ether oxygens (including phenoxy) is 2. The summed E-state index contributed by atoms with van der Waals surface area (Å²) in [6.07, 6.45) is 2.66. The molecule has 3 N–H and O–H groups in total. The number of aromatic hydroxyl groups is 3. The molecular weight excluding hydrogens is 412 g/mol. The lowest BCUT2D eigenvalue weighted by molar-refractivity contribution is -0.124. The molecule has 7 nitrogen and oxygen atoms in total. The van der Waals surface area contributed by atoms with Crippen LogP contribution in [0.5, 0.6) is 28.7 Å². The quantitative estimate of drug-likeness (QED) is 0.421. The summed E-state index contributed by atoms with van der Waals surface area (Å²) < 4.78 is 10.2. The Kier molecular flexibility index (Phi) is 8.93. The molecule has 174 valence electrons. The minimum Gasteiger partial charge on any atom is -0.504 e. The monoisotopic (exact) mass is 444 g/mol. The number of aryl methyl sites for hydroxylation is 2. The van der Waals surface area contributed by atoms with Crippen molar-refractivity contribution in [3.8, 4) is 28.7 Å². The number of benzene rings is 2. The third kappa shape index (κ3) is 6.64. The second-order valence-electron chi connectivity index (χ2n) is 8.10. The Labute approximate surface area is 188 Å². The van der Waals surface area contributed by atoms with Crippen molar-refractivity contribution in [3.63, 3.8) is 0 Å². The Morgan fingerprint density at radius 3 is 1.84 bits per heavy atom. The summed E-state index contributed by atoms with van der Waals surface area (Å²) in [5, 5.41) is 29.4. The first kappa shape index (κ1) is 25.0. The van der Waals surface area contributed by atoms with Crippen LogP contribution in [0.25, 0.3) is 0 Å². The van der Waals surface area contributed by atoms with Gasteiger partial charge in [-0.3, -0.25) is 9.59 Å².